The van der Waals surface area contributed by atoms with Crippen LogP contribution in [-0.4, -0.2) is 14.0 Å². The molecule has 0 atom stereocenters. The van der Waals surface area contributed by atoms with Crippen LogP contribution in [0.25, 0.3) is 0 Å². The molecular formula is C12H18Cl2N2O2S. The van der Waals surface area contributed by atoms with E-state index in [9.17, 15) is 8.42 Å². The Morgan fingerprint density at radius 3 is 2.37 bits per heavy atom. The Bertz CT molecular complexity index is 548. The predicted octanol–water partition coefficient (Wildman–Crippen LogP) is 3.43. The molecular weight excluding hydrogens is 307 g/mol. The number of nitrogens with two attached hydrogens (primary N) is 1. The van der Waals surface area contributed by atoms with Crippen molar-refractivity contribution < 1.29 is 8.42 Å². The molecule has 4 nitrogen and oxygen atoms in total. The fourth-order valence-corrected chi connectivity index (χ4v) is 4.38. The van der Waals surface area contributed by atoms with Gasteiger partial charge in [-0.25, -0.2) is 13.1 Å². The molecule has 0 aliphatic carbocycles. The summed E-state index contributed by atoms with van der Waals surface area (Å²) in [5.41, 5.74) is 5.19. The predicted molar refractivity (Wildman–Crippen MR) is 80.2 cm³/mol. The molecule has 108 valence electrons. The van der Waals surface area contributed by atoms with Crippen LogP contribution in [0.1, 0.15) is 33.6 Å². The normalized spacial score (nSPS) is 12.7. The van der Waals surface area contributed by atoms with Crippen LogP contribution in [0.2, 0.25) is 10.0 Å². The number of nitrogen functional groups attached to an aromatic ring is 1. The number of nitrogens with one attached hydrogen (secondary N) is 1. The second-order valence-electron chi connectivity index (χ2n) is 5.05. The van der Waals surface area contributed by atoms with E-state index >= 15 is 0 Å². The minimum absolute atomic E-state index is 0.0183. The van der Waals surface area contributed by atoms with Gasteiger partial charge in [0.25, 0.3) is 0 Å². The topological polar surface area (TPSA) is 72.2 Å². The van der Waals surface area contributed by atoms with Crippen molar-refractivity contribution in [2.24, 2.45) is 0 Å². The van der Waals surface area contributed by atoms with Crippen molar-refractivity contribution in [2.75, 3.05) is 5.73 Å². The van der Waals surface area contributed by atoms with Gasteiger partial charge in [0, 0.05) is 10.6 Å². The van der Waals surface area contributed by atoms with Gasteiger partial charge in [0.05, 0.1) is 10.7 Å². The minimum atomic E-state index is -3.78. The Morgan fingerprint density at radius 2 is 1.89 bits per heavy atom. The quantitative estimate of drug-likeness (QED) is 0.815. The molecule has 0 bridgehead atoms. The molecule has 3 N–H and O–H groups in total. The van der Waals surface area contributed by atoms with Crippen LogP contribution >= 0.6 is 23.2 Å². The van der Waals surface area contributed by atoms with Crippen molar-refractivity contribution in [2.45, 2.75) is 44.0 Å². The van der Waals surface area contributed by atoms with Crippen LogP contribution < -0.4 is 10.5 Å². The Balaban J connectivity index is 3.22. The van der Waals surface area contributed by atoms with Crippen molar-refractivity contribution >= 4 is 38.9 Å². The van der Waals surface area contributed by atoms with E-state index in [1.54, 1.807) is 0 Å². The van der Waals surface area contributed by atoms with E-state index in [2.05, 4.69) is 4.72 Å². The first kappa shape index (κ1) is 16.6. The molecule has 0 heterocycles. The van der Waals surface area contributed by atoms with Gasteiger partial charge in [-0.05, 0) is 32.4 Å². The lowest BCUT2D eigenvalue weighted by atomic mass is 10.0. The highest BCUT2D eigenvalue weighted by Gasteiger charge is 2.29. The molecule has 0 fully saturated rings. The molecule has 0 spiro atoms. The summed E-state index contributed by atoms with van der Waals surface area (Å²) in [6, 6.07) is 2.73. The van der Waals surface area contributed by atoms with Crippen molar-refractivity contribution in [1.82, 2.24) is 4.72 Å². The number of benzene rings is 1. The molecule has 1 aromatic carbocycles. The summed E-state index contributed by atoms with van der Waals surface area (Å²) in [4.78, 5) is -0.122. The Kier molecular flexibility index (Phi) is 5.12. The summed E-state index contributed by atoms with van der Waals surface area (Å²) in [5.74, 6) is 0. The SMILES string of the molecule is CCCC(C)(C)NS(=O)(=O)c1c(N)cc(Cl)cc1Cl. The van der Waals surface area contributed by atoms with Crippen LogP contribution in [0.4, 0.5) is 5.69 Å². The number of hydrogen-bond acceptors (Lipinski definition) is 3. The maximum atomic E-state index is 12.4. The molecule has 0 amide bonds. The highest BCUT2D eigenvalue weighted by Crippen LogP contribution is 2.32. The van der Waals surface area contributed by atoms with E-state index in [0.717, 1.165) is 6.42 Å². The third-order valence-electron chi connectivity index (χ3n) is 2.59. The Labute approximate surface area is 124 Å². The zero-order chi connectivity index (χ0) is 14.8. The summed E-state index contributed by atoms with van der Waals surface area (Å²) >= 11 is 11.7. The Hall–Kier alpha value is -0.490. The second-order valence-corrected chi connectivity index (χ2v) is 7.51. The average Bonchev–Trinajstić information content (AvgIpc) is 2.11. The first-order chi connectivity index (χ1) is 8.59. The van der Waals surface area contributed by atoms with Crippen LogP contribution in [0, 0.1) is 0 Å². The van der Waals surface area contributed by atoms with Gasteiger partial charge in [-0.2, -0.15) is 0 Å². The zero-order valence-corrected chi connectivity index (χ0v) is 13.5. The van der Waals surface area contributed by atoms with E-state index in [1.807, 2.05) is 20.8 Å². The fourth-order valence-electron chi connectivity index (χ4n) is 1.95. The number of rotatable bonds is 5. The second kappa shape index (κ2) is 5.87. The third kappa shape index (κ3) is 4.24. The number of sulfonamides is 1. The Morgan fingerprint density at radius 1 is 1.32 bits per heavy atom. The summed E-state index contributed by atoms with van der Waals surface area (Å²) in [6.07, 6.45) is 1.57. The van der Waals surface area contributed by atoms with Crippen LogP contribution in [-0.2, 0) is 10.0 Å². The van der Waals surface area contributed by atoms with Gasteiger partial charge < -0.3 is 5.73 Å². The molecule has 0 unspecified atom stereocenters. The summed E-state index contributed by atoms with van der Waals surface area (Å²) < 4.78 is 27.3. The van der Waals surface area contributed by atoms with Gasteiger partial charge in [-0.15, -0.1) is 0 Å². The molecule has 0 aliphatic rings. The smallest absolute Gasteiger partial charge is 0.244 e. The molecule has 7 heteroatoms. The molecule has 0 saturated heterocycles. The van der Waals surface area contributed by atoms with Crippen molar-refractivity contribution in [3.63, 3.8) is 0 Å². The maximum Gasteiger partial charge on any atom is 0.244 e. The number of anilines is 1. The van der Waals surface area contributed by atoms with Crippen LogP contribution in [0.3, 0.4) is 0 Å². The number of halogens is 2. The van der Waals surface area contributed by atoms with Gasteiger partial charge in [0.1, 0.15) is 4.90 Å². The molecule has 0 saturated carbocycles. The molecule has 19 heavy (non-hydrogen) atoms. The van der Waals surface area contributed by atoms with E-state index < -0.39 is 15.6 Å². The molecule has 1 aromatic rings. The maximum absolute atomic E-state index is 12.4. The average molecular weight is 325 g/mol. The fraction of sp³-hybridized carbons (Fsp3) is 0.500. The summed E-state index contributed by atoms with van der Waals surface area (Å²) in [5, 5.41) is 0.319. The largest absolute Gasteiger partial charge is 0.398 e. The first-order valence-corrected chi connectivity index (χ1v) is 8.11. The molecule has 0 radical (unpaired) electrons. The van der Waals surface area contributed by atoms with Gasteiger partial charge >= 0.3 is 0 Å². The highest BCUT2D eigenvalue weighted by atomic mass is 35.5. The van der Waals surface area contributed by atoms with E-state index in [0.29, 0.717) is 11.4 Å². The van der Waals surface area contributed by atoms with Gasteiger partial charge in [0.2, 0.25) is 10.0 Å². The first-order valence-electron chi connectivity index (χ1n) is 5.87. The molecule has 0 aliphatic heterocycles. The van der Waals surface area contributed by atoms with E-state index in [1.165, 1.54) is 12.1 Å². The lowest BCUT2D eigenvalue weighted by molar-refractivity contribution is 0.418. The van der Waals surface area contributed by atoms with Crippen LogP contribution in [0.15, 0.2) is 17.0 Å². The van der Waals surface area contributed by atoms with E-state index in [-0.39, 0.29) is 15.6 Å². The van der Waals surface area contributed by atoms with Crippen molar-refractivity contribution in [3.8, 4) is 0 Å². The van der Waals surface area contributed by atoms with Gasteiger partial charge in [-0.1, -0.05) is 36.5 Å². The summed E-state index contributed by atoms with van der Waals surface area (Å²) in [6.45, 7) is 5.61. The zero-order valence-electron chi connectivity index (χ0n) is 11.1. The lowest BCUT2D eigenvalue weighted by Crippen LogP contribution is -2.43. The number of hydrogen-bond donors (Lipinski definition) is 2. The lowest BCUT2D eigenvalue weighted by Gasteiger charge is -2.26. The van der Waals surface area contributed by atoms with Gasteiger partial charge in [-0.3, -0.25) is 0 Å². The van der Waals surface area contributed by atoms with Gasteiger partial charge in [0.15, 0.2) is 0 Å². The monoisotopic (exact) mass is 324 g/mol. The van der Waals surface area contributed by atoms with Crippen molar-refractivity contribution in [1.29, 1.82) is 0 Å². The molecule has 1 rings (SSSR count). The van der Waals surface area contributed by atoms with Crippen molar-refractivity contribution in [3.05, 3.63) is 22.2 Å². The minimum Gasteiger partial charge on any atom is -0.398 e. The molecule has 0 aromatic heterocycles. The van der Waals surface area contributed by atoms with Crippen LogP contribution in [0.5, 0.6) is 0 Å². The highest BCUT2D eigenvalue weighted by molar-refractivity contribution is 7.89. The third-order valence-corrected chi connectivity index (χ3v) is 5.03. The van der Waals surface area contributed by atoms with E-state index in [4.69, 9.17) is 28.9 Å². The standard InChI is InChI=1S/C12H18Cl2N2O2S/c1-4-5-12(2,3)16-19(17,18)11-9(14)6-8(13)7-10(11)15/h6-7,16H,4-5,15H2,1-3H3. The summed E-state index contributed by atoms with van der Waals surface area (Å²) in [7, 11) is -3.78.